The van der Waals surface area contributed by atoms with E-state index >= 15 is 0 Å². The fourth-order valence-corrected chi connectivity index (χ4v) is 3.03. The Hall–Kier alpha value is -0.870. The van der Waals surface area contributed by atoms with Crippen LogP contribution in [0.3, 0.4) is 0 Å². The van der Waals surface area contributed by atoms with Crippen molar-refractivity contribution >= 4 is 17.2 Å². The zero-order valence-corrected chi connectivity index (χ0v) is 13.1. The van der Waals surface area contributed by atoms with Gasteiger partial charge in [0.1, 0.15) is 0 Å². The van der Waals surface area contributed by atoms with Crippen LogP contribution in [0, 0.1) is 18.8 Å². The minimum absolute atomic E-state index is 0.147. The SMILES string of the molecule is Cc1ccc(CNC(=O)CCC(CCN)C(C)C)s1. The van der Waals surface area contributed by atoms with Crippen molar-refractivity contribution in [3.8, 4) is 0 Å². The van der Waals surface area contributed by atoms with E-state index in [0.29, 0.717) is 31.3 Å². The lowest BCUT2D eigenvalue weighted by atomic mass is 9.88. The number of nitrogens with two attached hydrogens (primary N) is 1. The van der Waals surface area contributed by atoms with Crippen LogP contribution in [-0.4, -0.2) is 12.5 Å². The molecule has 0 aliphatic carbocycles. The molecule has 0 spiro atoms. The number of nitrogens with one attached hydrogen (secondary N) is 1. The molecule has 1 aromatic rings. The molecule has 0 fully saturated rings. The Bertz CT molecular complexity index is 387. The fourth-order valence-electron chi connectivity index (χ4n) is 2.20. The zero-order chi connectivity index (χ0) is 14.3. The maximum absolute atomic E-state index is 11.8. The van der Waals surface area contributed by atoms with E-state index in [9.17, 15) is 4.79 Å². The van der Waals surface area contributed by atoms with Crippen molar-refractivity contribution in [2.45, 2.75) is 46.6 Å². The van der Waals surface area contributed by atoms with Crippen molar-refractivity contribution in [1.29, 1.82) is 0 Å². The molecule has 3 N–H and O–H groups in total. The second kappa shape index (κ2) is 8.33. The van der Waals surface area contributed by atoms with Crippen LogP contribution in [0.5, 0.6) is 0 Å². The van der Waals surface area contributed by atoms with Gasteiger partial charge < -0.3 is 11.1 Å². The Labute approximate surface area is 120 Å². The normalized spacial score (nSPS) is 12.7. The Morgan fingerprint density at radius 3 is 2.63 bits per heavy atom. The standard InChI is InChI=1S/C15H26N2OS/c1-11(2)13(8-9-16)5-7-15(18)17-10-14-6-4-12(3)19-14/h4,6,11,13H,5,7-10,16H2,1-3H3,(H,17,18). The number of hydrogen-bond acceptors (Lipinski definition) is 3. The molecular weight excluding hydrogens is 256 g/mol. The number of thiophene rings is 1. The summed E-state index contributed by atoms with van der Waals surface area (Å²) in [6.45, 7) is 7.84. The molecule has 3 nitrogen and oxygen atoms in total. The van der Waals surface area contributed by atoms with E-state index in [2.05, 4.69) is 38.2 Å². The van der Waals surface area contributed by atoms with Crippen LogP contribution in [0.2, 0.25) is 0 Å². The van der Waals surface area contributed by atoms with Gasteiger partial charge in [-0.3, -0.25) is 4.79 Å². The third-order valence-corrected chi connectivity index (χ3v) is 4.48. The molecule has 0 saturated carbocycles. The van der Waals surface area contributed by atoms with Crippen LogP contribution < -0.4 is 11.1 Å². The molecule has 0 aromatic carbocycles. The third-order valence-electron chi connectivity index (χ3n) is 3.48. The predicted molar refractivity (Wildman–Crippen MR) is 82.1 cm³/mol. The first-order valence-corrected chi connectivity index (χ1v) is 7.86. The van der Waals surface area contributed by atoms with E-state index in [4.69, 9.17) is 5.73 Å². The van der Waals surface area contributed by atoms with Crippen molar-refractivity contribution in [2.24, 2.45) is 17.6 Å². The number of hydrogen-bond donors (Lipinski definition) is 2. The highest BCUT2D eigenvalue weighted by Gasteiger charge is 2.14. The van der Waals surface area contributed by atoms with E-state index in [0.717, 1.165) is 12.8 Å². The maximum atomic E-state index is 11.8. The van der Waals surface area contributed by atoms with E-state index in [1.165, 1.54) is 9.75 Å². The monoisotopic (exact) mass is 282 g/mol. The maximum Gasteiger partial charge on any atom is 0.220 e. The van der Waals surface area contributed by atoms with Gasteiger partial charge in [0.05, 0.1) is 6.54 Å². The summed E-state index contributed by atoms with van der Waals surface area (Å²) in [7, 11) is 0. The summed E-state index contributed by atoms with van der Waals surface area (Å²) in [5.74, 6) is 1.30. The number of carbonyl (C=O) groups is 1. The minimum atomic E-state index is 0.147. The molecule has 0 saturated heterocycles. The van der Waals surface area contributed by atoms with Gasteiger partial charge >= 0.3 is 0 Å². The molecule has 0 aliphatic heterocycles. The lowest BCUT2D eigenvalue weighted by Gasteiger charge is -2.19. The molecule has 1 amide bonds. The average molecular weight is 282 g/mol. The summed E-state index contributed by atoms with van der Waals surface area (Å²) in [4.78, 5) is 14.3. The van der Waals surface area contributed by atoms with Crippen LogP contribution >= 0.6 is 11.3 Å². The van der Waals surface area contributed by atoms with Gasteiger partial charge in [-0.15, -0.1) is 11.3 Å². The molecule has 0 radical (unpaired) electrons. The van der Waals surface area contributed by atoms with Gasteiger partial charge in [0.2, 0.25) is 5.91 Å². The van der Waals surface area contributed by atoms with Gasteiger partial charge in [0.25, 0.3) is 0 Å². The molecular formula is C15H26N2OS. The molecule has 0 aliphatic rings. The minimum Gasteiger partial charge on any atom is -0.351 e. The molecule has 1 atom stereocenters. The molecule has 4 heteroatoms. The highest BCUT2D eigenvalue weighted by molar-refractivity contribution is 7.11. The molecule has 108 valence electrons. The quantitative estimate of drug-likeness (QED) is 0.770. The second-order valence-corrected chi connectivity index (χ2v) is 6.78. The van der Waals surface area contributed by atoms with Crippen molar-refractivity contribution in [1.82, 2.24) is 5.32 Å². The second-order valence-electron chi connectivity index (χ2n) is 5.41. The van der Waals surface area contributed by atoms with Gasteiger partial charge in [-0.2, -0.15) is 0 Å². The van der Waals surface area contributed by atoms with Crippen LogP contribution in [0.25, 0.3) is 0 Å². The summed E-state index contributed by atoms with van der Waals surface area (Å²) < 4.78 is 0. The van der Waals surface area contributed by atoms with Crippen LogP contribution in [0.4, 0.5) is 0 Å². The third kappa shape index (κ3) is 6.21. The van der Waals surface area contributed by atoms with E-state index in [1.807, 2.05) is 0 Å². The fraction of sp³-hybridized carbons (Fsp3) is 0.667. The smallest absolute Gasteiger partial charge is 0.220 e. The molecule has 1 aromatic heterocycles. The molecule has 0 bridgehead atoms. The first-order valence-electron chi connectivity index (χ1n) is 7.05. The van der Waals surface area contributed by atoms with Crippen molar-refractivity contribution in [3.05, 3.63) is 21.9 Å². The number of carbonyl (C=O) groups excluding carboxylic acids is 1. The van der Waals surface area contributed by atoms with Crippen molar-refractivity contribution in [2.75, 3.05) is 6.54 Å². The van der Waals surface area contributed by atoms with Crippen molar-refractivity contribution < 1.29 is 4.79 Å². The largest absolute Gasteiger partial charge is 0.351 e. The summed E-state index contributed by atoms with van der Waals surface area (Å²) in [6, 6.07) is 4.16. The Kier molecular flexibility index (Phi) is 7.10. The molecule has 1 rings (SSSR count). The van der Waals surface area contributed by atoms with Gasteiger partial charge in [0.15, 0.2) is 0 Å². The summed E-state index contributed by atoms with van der Waals surface area (Å²) in [5, 5.41) is 2.99. The topological polar surface area (TPSA) is 55.1 Å². The van der Waals surface area contributed by atoms with Gasteiger partial charge in [-0.1, -0.05) is 13.8 Å². The number of aryl methyl sites for hydroxylation is 1. The molecule has 1 heterocycles. The van der Waals surface area contributed by atoms with E-state index in [-0.39, 0.29) is 5.91 Å². The lowest BCUT2D eigenvalue weighted by Crippen LogP contribution is -2.24. The van der Waals surface area contributed by atoms with Gasteiger partial charge in [-0.05, 0) is 50.3 Å². The van der Waals surface area contributed by atoms with Crippen molar-refractivity contribution in [3.63, 3.8) is 0 Å². The summed E-state index contributed by atoms with van der Waals surface area (Å²) in [6.07, 6.45) is 2.55. The number of amides is 1. The Balaban J connectivity index is 2.27. The Morgan fingerprint density at radius 2 is 2.11 bits per heavy atom. The summed E-state index contributed by atoms with van der Waals surface area (Å²) >= 11 is 1.74. The molecule has 19 heavy (non-hydrogen) atoms. The van der Waals surface area contributed by atoms with E-state index < -0.39 is 0 Å². The zero-order valence-electron chi connectivity index (χ0n) is 12.2. The first kappa shape index (κ1) is 16.2. The van der Waals surface area contributed by atoms with Crippen LogP contribution in [-0.2, 0) is 11.3 Å². The highest BCUT2D eigenvalue weighted by atomic mass is 32.1. The van der Waals surface area contributed by atoms with E-state index in [1.54, 1.807) is 11.3 Å². The van der Waals surface area contributed by atoms with Gasteiger partial charge in [-0.25, -0.2) is 0 Å². The van der Waals surface area contributed by atoms with Crippen LogP contribution in [0.15, 0.2) is 12.1 Å². The average Bonchev–Trinajstić information content (AvgIpc) is 2.77. The predicted octanol–water partition coefficient (Wildman–Crippen LogP) is 3.07. The molecule has 1 unspecified atom stereocenters. The first-order chi connectivity index (χ1) is 9.02. The number of rotatable bonds is 8. The van der Waals surface area contributed by atoms with Gasteiger partial charge in [0, 0.05) is 16.2 Å². The summed E-state index contributed by atoms with van der Waals surface area (Å²) in [5.41, 5.74) is 5.61. The Morgan fingerprint density at radius 1 is 1.37 bits per heavy atom. The lowest BCUT2D eigenvalue weighted by molar-refractivity contribution is -0.121. The highest BCUT2D eigenvalue weighted by Crippen LogP contribution is 2.20. The van der Waals surface area contributed by atoms with Crippen LogP contribution in [0.1, 0.15) is 42.9 Å².